The Morgan fingerprint density at radius 3 is 2.71 bits per heavy atom. The first-order valence-electron chi connectivity index (χ1n) is 10.9. The number of ether oxygens (including phenoxy) is 1. The molecule has 7 nitrogen and oxygen atoms in total. The van der Waals surface area contributed by atoms with Gasteiger partial charge in [0, 0.05) is 23.5 Å². The molecule has 0 fully saturated rings. The Bertz CT molecular complexity index is 1280. The van der Waals surface area contributed by atoms with E-state index in [0.29, 0.717) is 22.5 Å². The maximum Gasteiger partial charge on any atom is 0.300 e. The number of hydrogen-bond acceptors (Lipinski definition) is 5. The molecular formula is C25H24F2N5O2P. The van der Waals surface area contributed by atoms with Gasteiger partial charge in [0.05, 0.1) is 29.8 Å². The van der Waals surface area contributed by atoms with Gasteiger partial charge in [-0.2, -0.15) is 13.9 Å². The van der Waals surface area contributed by atoms with E-state index in [0.717, 1.165) is 4.68 Å². The number of carbonyl (C=O) groups excluding carboxylic acids is 1. The summed E-state index contributed by atoms with van der Waals surface area (Å²) in [6.07, 6.45) is 13.0. The highest BCUT2D eigenvalue weighted by Gasteiger charge is 2.31. The van der Waals surface area contributed by atoms with Crippen LogP contribution >= 0.6 is 9.24 Å². The number of carbonyl (C=O) groups is 1. The summed E-state index contributed by atoms with van der Waals surface area (Å²) < 4.78 is 35.5. The molecule has 0 spiro atoms. The van der Waals surface area contributed by atoms with Gasteiger partial charge in [0.2, 0.25) is 0 Å². The van der Waals surface area contributed by atoms with Crippen LogP contribution in [0.3, 0.4) is 0 Å². The van der Waals surface area contributed by atoms with Crippen LogP contribution in [-0.4, -0.2) is 37.9 Å². The number of nitrogens with one attached hydrogen (secondary N) is 1. The number of amides is 1. The van der Waals surface area contributed by atoms with Crippen LogP contribution in [0.15, 0.2) is 84.9 Å². The summed E-state index contributed by atoms with van der Waals surface area (Å²) in [6.45, 7) is 3.84. The normalized spacial score (nSPS) is 15.7. The van der Waals surface area contributed by atoms with Gasteiger partial charge < -0.3 is 10.1 Å². The summed E-state index contributed by atoms with van der Waals surface area (Å²) in [4.78, 5) is 21.0. The molecule has 0 radical (unpaired) electrons. The summed E-state index contributed by atoms with van der Waals surface area (Å²) in [7, 11) is 1.53. The third kappa shape index (κ3) is 6.12. The van der Waals surface area contributed by atoms with Crippen molar-refractivity contribution in [1.82, 2.24) is 19.7 Å². The second-order valence-electron chi connectivity index (χ2n) is 8.06. The largest absolute Gasteiger partial charge is 0.367 e. The van der Waals surface area contributed by atoms with Gasteiger partial charge in [0.25, 0.3) is 11.6 Å². The molecule has 1 amide bonds. The van der Waals surface area contributed by atoms with Crippen molar-refractivity contribution < 1.29 is 18.3 Å². The molecule has 0 aliphatic heterocycles. The molecule has 0 bridgehead atoms. The van der Waals surface area contributed by atoms with Crippen molar-refractivity contribution in [2.75, 3.05) is 5.32 Å². The topological polar surface area (TPSA) is 81.9 Å². The molecule has 2 atom stereocenters. The van der Waals surface area contributed by atoms with Crippen molar-refractivity contribution in [3.05, 3.63) is 90.6 Å². The Labute approximate surface area is 203 Å². The number of rotatable bonds is 7. The molecule has 180 valence electrons. The number of allylic oxidation sites excluding steroid dienone is 2. The average molecular weight is 495 g/mol. The van der Waals surface area contributed by atoms with E-state index >= 15 is 0 Å². The van der Waals surface area contributed by atoms with E-state index in [1.54, 1.807) is 48.8 Å². The van der Waals surface area contributed by atoms with Gasteiger partial charge in [-0.25, -0.2) is 9.67 Å². The molecule has 0 saturated carbocycles. The highest BCUT2D eigenvalue weighted by molar-refractivity contribution is 7.17. The van der Waals surface area contributed by atoms with E-state index in [-0.39, 0.29) is 29.6 Å². The van der Waals surface area contributed by atoms with Crippen LogP contribution < -0.4 is 5.32 Å². The number of halogens is 2. The number of alkyl halides is 2. The van der Waals surface area contributed by atoms with Gasteiger partial charge in [0.1, 0.15) is 11.5 Å². The highest BCUT2D eigenvalue weighted by atomic mass is 31.0. The Morgan fingerprint density at radius 1 is 1.23 bits per heavy atom. The fraction of sp³-hybridized carbons (Fsp3) is 0.200. The van der Waals surface area contributed by atoms with Crippen molar-refractivity contribution in [3.63, 3.8) is 0 Å². The van der Waals surface area contributed by atoms with Gasteiger partial charge in [-0.05, 0) is 56.3 Å². The van der Waals surface area contributed by atoms with Crippen molar-refractivity contribution >= 4 is 21.0 Å². The Morgan fingerprint density at radius 2 is 2.06 bits per heavy atom. The van der Waals surface area contributed by atoms with Crippen LogP contribution in [0.25, 0.3) is 16.9 Å². The van der Waals surface area contributed by atoms with Crippen LogP contribution in [0.5, 0.6) is 0 Å². The lowest BCUT2D eigenvalue weighted by Crippen LogP contribution is -2.18. The van der Waals surface area contributed by atoms with Crippen molar-refractivity contribution in [1.29, 1.82) is 0 Å². The highest BCUT2D eigenvalue weighted by Crippen LogP contribution is 2.38. The standard InChI is InChI=1S/C25H24F2N5O2P/c1-16(2)34-20-8-4-3-6-17(12-20)24(33)30-23-10-9-19(15-29-23)32-22(25(26,27)35)13-21(31-32)18-7-5-11-28-14-18/h3-16,20H,35H2,1-2H3,(H,29,30,33). The lowest BCUT2D eigenvalue weighted by Gasteiger charge is -2.14. The predicted octanol–water partition coefficient (Wildman–Crippen LogP) is 5.04. The molecular weight excluding hydrogens is 471 g/mol. The molecule has 0 saturated heterocycles. The molecule has 10 heteroatoms. The first-order valence-corrected chi connectivity index (χ1v) is 11.5. The maximum absolute atomic E-state index is 14.3. The number of hydrogen-bond donors (Lipinski definition) is 1. The van der Waals surface area contributed by atoms with E-state index in [1.807, 2.05) is 26.0 Å². The van der Waals surface area contributed by atoms with Crippen molar-refractivity contribution in [2.24, 2.45) is 0 Å². The zero-order valence-electron chi connectivity index (χ0n) is 19.1. The van der Waals surface area contributed by atoms with E-state index in [4.69, 9.17) is 4.74 Å². The van der Waals surface area contributed by atoms with Gasteiger partial charge in [-0.15, -0.1) is 0 Å². The summed E-state index contributed by atoms with van der Waals surface area (Å²) in [5.41, 5.74) is -1.84. The third-order valence-electron chi connectivity index (χ3n) is 4.97. The Balaban J connectivity index is 1.56. The maximum atomic E-state index is 14.3. The molecule has 2 unspecified atom stereocenters. The van der Waals surface area contributed by atoms with E-state index < -0.39 is 5.66 Å². The van der Waals surface area contributed by atoms with E-state index in [9.17, 15) is 13.6 Å². The van der Waals surface area contributed by atoms with Crippen LogP contribution in [0.1, 0.15) is 19.5 Å². The summed E-state index contributed by atoms with van der Waals surface area (Å²) in [6, 6.07) is 7.85. The van der Waals surface area contributed by atoms with E-state index in [2.05, 4.69) is 20.4 Å². The molecule has 1 N–H and O–H groups in total. The molecule has 4 rings (SSSR count). The zero-order chi connectivity index (χ0) is 25.0. The average Bonchev–Trinajstić information content (AvgIpc) is 3.15. The number of anilines is 1. The second kappa shape index (κ2) is 10.4. The molecule has 1 aliphatic carbocycles. The molecule has 3 heterocycles. The van der Waals surface area contributed by atoms with E-state index in [1.165, 1.54) is 27.6 Å². The molecule has 3 aromatic heterocycles. The lowest BCUT2D eigenvalue weighted by atomic mass is 10.2. The number of pyridine rings is 2. The second-order valence-corrected chi connectivity index (χ2v) is 8.79. The summed E-state index contributed by atoms with van der Waals surface area (Å²) in [5, 5.41) is 7.07. The third-order valence-corrected chi connectivity index (χ3v) is 5.26. The van der Waals surface area contributed by atoms with Crippen molar-refractivity contribution in [3.8, 4) is 16.9 Å². The summed E-state index contributed by atoms with van der Waals surface area (Å²) >= 11 is 0. The van der Waals surface area contributed by atoms with Gasteiger partial charge >= 0.3 is 0 Å². The number of nitrogens with zero attached hydrogens (tertiary/aromatic N) is 4. The fourth-order valence-electron chi connectivity index (χ4n) is 3.42. The Hall–Kier alpha value is -3.55. The zero-order valence-corrected chi connectivity index (χ0v) is 20.3. The first-order chi connectivity index (χ1) is 16.7. The lowest BCUT2D eigenvalue weighted by molar-refractivity contribution is -0.112. The first kappa shape index (κ1) is 24.6. The smallest absolute Gasteiger partial charge is 0.300 e. The monoisotopic (exact) mass is 495 g/mol. The fourth-order valence-corrected chi connectivity index (χ4v) is 3.62. The Kier molecular flexibility index (Phi) is 7.28. The van der Waals surface area contributed by atoms with Crippen LogP contribution in [-0.2, 0) is 15.2 Å². The molecule has 3 aromatic rings. The quantitative estimate of drug-likeness (QED) is 0.465. The van der Waals surface area contributed by atoms with Crippen LogP contribution in [0.2, 0.25) is 0 Å². The van der Waals surface area contributed by atoms with Crippen molar-refractivity contribution in [2.45, 2.75) is 31.7 Å². The summed E-state index contributed by atoms with van der Waals surface area (Å²) in [5.74, 6) is -0.0944. The molecule has 1 aliphatic rings. The van der Waals surface area contributed by atoms with Crippen LogP contribution in [0.4, 0.5) is 14.6 Å². The minimum Gasteiger partial charge on any atom is -0.367 e. The predicted molar refractivity (Wildman–Crippen MR) is 133 cm³/mol. The number of aromatic nitrogens is 4. The SMILES string of the molecule is CC(C)OC1C=CC=CC(C(=O)Nc2ccc(-n3nc(-c4cccnc4)cc3C(F)(F)P)cn2)=C1. The van der Waals surface area contributed by atoms with Gasteiger partial charge in [-0.3, -0.25) is 9.78 Å². The van der Waals surface area contributed by atoms with Gasteiger partial charge in [0.15, 0.2) is 0 Å². The minimum atomic E-state index is -3.22. The van der Waals surface area contributed by atoms with Gasteiger partial charge in [-0.1, -0.05) is 27.5 Å². The minimum absolute atomic E-state index is 0.00252. The van der Waals surface area contributed by atoms with Crippen LogP contribution in [0, 0.1) is 0 Å². The molecule has 35 heavy (non-hydrogen) atoms. The molecule has 0 aromatic carbocycles.